The van der Waals surface area contributed by atoms with E-state index in [0.717, 1.165) is 40.2 Å². The molecule has 0 radical (unpaired) electrons. The van der Waals surface area contributed by atoms with Crippen LogP contribution in [0.25, 0.3) is 10.9 Å². The van der Waals surface area contributed by atoms with Crippen molar-refractivity contribution in [1.82, 2.24) is 19.3 Å². The molecule has 2 aromatic carbocycles. The van der Waals surface area contributed by atoms with Gasteiger partial charge >= 0.3 is 0 Å². The van der Waals surface area contributed by atoms with E-state index >= 15 is 0 Å². The third-order valence-electron chi connectivity index (χ3n) is 6.10. The quantitative estimate of drug-likeness (QED) is 0.410. The van der Waals surface area contributed by atoms with Gasteiger partial charge in [-0.1, -0.05) is 18.5 Å². The predicted octanol–water partition coefficient (Wildman–Crippen LogP) is 4.50. The third-order valence-corrected chi connectivity index (χ3v) is 8.25. The minimum atomic E-state index is -3.59. The molecule has 0 aliphatic carbocycles. The first kappa shape index (κ1) is 23.5. The molecule has 1 aliphatic rings. The molecule has 1 fully saturated rings. The number of aryl methyl sites for hydroxylation is 1. The lowest BCUT2D eigenvalue weighted by Crippen LogP contribution is -2.49. The van der Waals surface area contributed by atoms with Crippen molar-refractivity contribution in [3.8, 4) is 0 Å². The fraction of sp³-hybridized carbons (Fsp3) is 0.240. The lowest BCUT2D eigenvalue weighted by Gasteiger charge is -2.35. The molecule has 180 valence electrons. The molecular weight excluding hydrogens is 484 g/mol. The molecule has 1 saturated heterocycles. The molecule has 3 heterocycles. The SMILES string of the molecule is CCc1nccnc1N1CCN(S(=O)(=O)c2ccc(Nc3ccnc4cc(Cl)ccc34)cc2)CC1. The van der Waals surface area contributed by atoms with Crippen molar-refractivity contribution in [3.63, 3.8) is 0 Å². The Morgan fingerprint density at radius 3 is 2.40 bits per heavy atom. The van der Waals surface area contributed by atoms with Crippen LogP contribution in [0.15, 0.2) is 72.0 Å². The van der Waals surface area contributed by atoms with Crippen LogP contribution in [0.5, 0.6) is 0 Å². The zero-order valence-corrected chi connectivity index (χ0v) is 20.8. The number of nitrogens with one attached hydrogen (secondary N) is 1. The monoisotopic (exact) mass is 508 g/mol. The van der Waals surface area contributed by atoms with Crippen LogP contribution in [-0.4, -0.2) is 53.9 Å². The Hall–Kier alpha value is -3.27. The Bertz CT molecular complexity index is 1450. The standard InChI is InChI=1S/C25H25ClN6O2S/c1-2-22-25(29-12-11-28-22)31-13-15-32(16-14-31)35(33,34)20-6-4-19(5-7-20)30-23-9-10-27-24-17-18(26)3-8-21(23)24/h3-12,17H,2,13-16H2,1H3,(H,27,30). The van der Waals surface area contributed by atoms with Crippen LogP contribution in [0.4, 0.5) is 17.2 Å². The molecule has 35 heavy (non-hydrogen) atoms. The smallest absolute Gasteiger partial charge is 0.243 e. The highest BCUT2D eigenvalue weighted by Gasteiger charge is 2.29. The average molecular weight is 509 g/mol. The number of piperazine rings is 1. The summed E-state index contributed by atoms with van der Waals surface area (Å²) in [4.78, 5) is 15.6. The highest BCUT2D eigenvalue weighted by atomic mass is 35.5. The number of hydrogen-bond acceptors (Lipinski definition) is 7. The van der Waals surface area contributed by atoms with Crippen LogP contribution in [-0.2, 0) is 16.4 Å². The van der Waals surface area contributed by atoms with E-state index in [2.05, 4.69) is 25.2 Å². The minimum absolute atomic E-state index is 0.275. The molecule has 0 amide bonds. The molecular formula is C25H25ClN6O2S. The highest BCUT2D eigenvalue weighted by Crippen LogP contribution is 2.28. The second-order valence-electron chi connectivity index (χ2n) is 8.24. The van der Waals surface area contributed by atoms with E-state index in [-0.39, 0.29) is 4.90 Å². The third kappa shape index (κ3) is 4.80. The lowest BCUT2D eigenvalue weighted by molar-refractivity contribution is 0.383. The summed E-state index contributed by atoms with van der Waals surface area (Å²) in [6.07, 6.45) is 5.86. The maximum absolute atomic E-state index is 13.3. The minimum Gasteiger partial charge on any atom is -0.355 e. The maximum atomic E-state index is 13.3. The summed E-state index contributed by atoms with van der Waals surface area (Å²) in [6.45, 7) is 3.98. The predicted molar refractivity (Wildman–Crippen MR) is 139 cm³/mol. The molecule has 4 aromatic rings. The molecule has 1 aliphatic heterocycles. The number of hydrogen-bond donors (Lipinski definition) is 1. The van der Waals surface area contributed by atoms with Gasteiger partial charge in [0.25, 0.3) is 0 Å². The molecule has 10 heteroatoms. The number of fused-ring (bicyclic) bond motifs is 1. The maximum Gasteiger partial charge on any atom is 0.243 e. The van der Waals surface area contributed by atoms with Crippen LogP contribution in [0.1, 0.15) is 12.6 Å². The molecule has 1 N–H and O–H groups in total. The van der Waals surface area contributed by atoms with Gasteiger partial charge in [-0.25, -0.2) is 13.4 Å². The van der Waals surface area contributed by atoms with Gasteiger partial charge in [-0.3, -0.25) is 9.97 Å². The summed E-state index contributed by atoms with van der Waals surface area (Å²) < 4.78 is 28.1. The van der Waals surface area contributed by atoms with Crippen LogP contribution in [0, 0.1) is 0 Å². The average Bonchev–Trinajstić information content (AvgIpc) is 2.89. The van der Waals surface area contributed by atoms with Crippen molar-refractivity contribution < 1.29 is 8.42 Å². The summed E-state index contributed by atoms with van der Waals surface area (Å²) in [6, 6.07) is 14.3. The van der Waals surface area contributed by atoms with E-state index in [4.69, 9.17) is 11.6 Å². The Kier molecular flexibility index (Phi) is 6.55. The molecule has 2 aromatic heterocycles. The van der Waals surface area contributed by atoms with Crippen LogP contribution in [0.3, 0.4) is 0 Å². The molecule has 0 bridgehead atoms. The van der Waals surface area contributed by atoms with Gasteiger partial charge in [0.05, 0.1) is 16.1 Å². The highest BCUT2D eigenvalue weighted by molar-refractivity contribution is 7.89. The Balaban J connectivity index is 1.29. The summed E-state index contributed by atoms with van der Waals surface area (Å²) in [5.41, 5.74) is 3.37. The van der Waals surface area contributed by atoms with E-state index in [9.17, 15) is 8.42 Å². The van der Waals surface area contributed by atoms with Crippen LogP contribution in [0.2, 0.25) is 5.02 Å². The second kappa shape index (κ2) is 9.77. The molecule has 0 atom stereocenters. The van der Waals surface area contributed by atoms with Gasteiger partial charge < -0.3 is 10.2 Å². The van der Waals surface area contributed by atoms with Crippen LogP contribution >= 0.6 is 11.6 Å². The zero-order chi connectivity index (χ0) is 24.4. The van der Waals surface area contributed by atoms with Gasteiger partial charge in [-0.15, -0.1) is 0 Å². The van der Waals surface area contributed by atoms with Crippen molar-refractivity contribution in [2.45, 2.75) is 18.2 Å². The van der Waals surface area contributed by atoms with Crippen molar-refractivity contribution in [3.05, 3.63) is 77.8 Å². The van der Waals surface area contributed by atoms with E-state index in [1.54, 1.807) is 42.9 Å². The summed E-state index contributed by atoms with van der Waals surface area (Å²) >= 11 is 6.08. The molecule has 5 rings (SSSR count). The van der Waals surface area contributed by atoms with Gasteiger partial charge in [0.2, 0.25) is 10.0 Å². The molecule has 0 saturated carbocycles. The van der Waals surface area contributed by atoms with Crippen LogP contribution < -0.4 is 10.2 Å². The first-order valence-corrected chi connectivity index (χ1v) is 13.2. The number of benzene rings is 2. The van der Waals surface area contributed by atoms with Crippen molar-refractivity contribution in [1.29, 1.82) is 0 Å². The Morgan fingerprint density at radius 2 is 1.66 bits per heavy atom. The van der Waals surface area contributed by atoms with E-state index in [0.29, 0.717) is 31.2 Å². The summed E-state index contributed by atoms with van der Waals surface area (Å²) in [5.74, 6) is 0.841. The first-order valence-electron chi connectivity index (χ1n) is 11.4. The Morgan fingerprint density at radius 1 is 0.914 bits per heavy atom. The fourth-order valence-corrected chi connectivity index (χ4v) is 5.85. The normalized spacial score (nSPS) is 14.9. The van der Waals surface area contributed by atoms with Gasteiger partial charge in [0.15, 0.2) is 0 Å². The molecule has 0 spiro atoms. The second-order valence-corrected chi connectivity index (χ2v) is 10.6. The van der Waals surface area contributed by atoms with Crippen molar-refractivity contribution in [2.75, 3.05) is 36.4 Å². The van der Waals surface area contributed by atoms with Crippen molar-refractivity contribution in [2.24, 2.45) is 0 Å². The van der Waals surface area contributed by atoms with Gasteiger partial charge in [-0.05, 0) is 55.0 Å². The zero-order valence-electron chi connectivity index (χ0n) is 19.2. The largest absolute Gasteiger partial charge is 0.355 e. The van der Waals surface area contributed by atoms with Gasteiger partial charge in [-0.2, -0.15) is 4.31 Å². The van der Waals surface area contributed by atoms with Crippen molar-refractivity contribution >= 4 is 49.7 Å². The lowest BCUT2D eigenvalue weighted by atomic mass is 10.2. The van der Waals surface area contributed by atoms with E-state index in [1.807, 2.05) is 31.2 Å². The number of aromatic nitrogens is 3. The summed E-state index contributed by atoms with van der Waals surface area (Å²) in [5, 5.41) is 4.90. The van der Waals surface area contributed by atoms with E-state index < -0.39 is 10.0 Å². The van der Waals surface area contributed by atoms with Gasteiger partial charge in [0.1, 0.15) is 5.82 Å². The Labute approximate surface area is 209 Å². The molecule has 8 nitrogen and oxygen atoms in total. The number of pyridine rings is 1. The summed E-state index contributed by atoms with van der Waals surface area (Å²) in [7, 11) is -3.59. The number of rotatable bonds is 6. The van der Waals surface area contributed by atoms with Gasteiger partial charge in [0, 0.05) is 66.6 Å². The topological polar surface area (TPSA) is 91.3 Å². The number of nitrogens with zero attached hydrogens (tertiary/aromatic N) is 5. The number of sulfonamides is 1. The number of anilines is 3. The van der Waals surface area contributed by atoms with E-state index in [1.165, 1.54) is 4.31 Å². The molecule has 0 unspecified atom stereocenters. The number of halogens is 1. The first-order chi connectivity index (χ1) is 17.0. The fourth-order valence-electron chi connectivity index (χ4n) is 4.26.